The molecule has 0 fully saturated rings. The van der Waals surface area contributed by atoms with E-state index < -0.39 is 133 Å². The molecule has 0 spiro atoms. The van der Waals surface area contributed by atoms with Crippen LogP contribution in [0.5, 0.6) is 0 Å². The standard InChI is InChI=1S/C39H69N11O13/c1-19(2)12-24(35(58)44-18-31(53)46-28(39(62)63)16-32(54)55)45-30(52)17-43-34(57)23(10-8-9-11-40)47-36(59)26(14-21(5)6)49-38(61)27(15-29(42)51)50-37(60)25(13-20(3)4)48-33(56)22(7)41/h19-28H,8-18,40-41H2,1-7H3,(H2,42,51)(H,43,57)(H,44,58)(H,45,52)(H,46,53)(H,47,59)(H,48,56)(H,49,61)(H,50,60)(H,54,55)(H,62,63)/t22-,23-,24-,25-,26-,27-,28-/m0/s1. The van der Waals surface area contributed by atoms with Gasteiger partial charge in [0.05, 0.1) is 32.0 Å². The molecule has 0 aliphatic heterocycles. The predicted octanol–water partition coefficient (Wildman–Crippen LogP) is -3.82. The number of amides is 9. The van der Waals surface area contributed by atoms with E-state index in [0.717, 1.165) is 0 Å². The van der Waals surface area contributed by atoms with Gasteiger partial charge >= 0.3 is 11.9 Å². The van der Waals surface area contributed by atoms with Gasteiger partial charge in [0.25, 0.3) is 0 Å². The van der Waals surface area contributed by atoms with Crippen LogP contribution < -0.4 is 59.7 Å². The Morgan fingerprint density at radius 2 is 0.857 bits per heavy atom. The van der Waals surface area contributed by atoms with Crippen LogP contribution in [-0.2, 0) is 52.7 Å². The van der Waals surface area contributed by atoms with Crippen LogP contribution in [0.4, 0.5) is 0 Å². The molecular weight excluding hydrogens is 830 g/mol. The first kappa shape index (κ1) is 57.1. The third kappa shape index (κ3) is 25.0. The van der Waals surface area contributed by atoms with E-state index in [0.29, 0.717) is 12.8 Å². The first-order valence-corrected chi connectivity index (χ1v) is 20.8. The molecule has 0 heterocycles. The molecule has 0 saturated carbocycles. The highest BCUT2D eigenvalue weighted by molar-refractivity contribution is 5.98. The van der Waals surface area contributed by atoms with Crippen LogP contribution >= 0.6 is 0 Å². The molecule has 7 atom stereocenters. The number of nitrogens with two attached hydrogens (primary N) is 3. The number of primary amides is 1. The van der Waals surface area contributed by atoms with Crippen molar-refractivity contribution in [2.75, 3.05) is 19.6 Å². The molecule has 0 aromatic carbocycles. The second-order valence-corrected chi connectivity index (χ2v) is 16.5. The van der Waals surface area contributed by atoms with E-state index >= 15 is 0 Å². The Bertz CT molecular complexity index is 1610. The van der Waals surface area contributed by atoms with Crippen molar-refractivity contribution < 1.29 is 63.0 Å². The summed E-state index contributed by atoms with van der Waals surface area (Å²) in [4.78, 5) is 139. The van der Waals surface area contributed by atoms with Crippen molar-refractivity contribution in [3.05, 3.63) is 0 Å². The van der Waals surface area contributed by atoms with Gasteiger partial charge in [0.2, 0.25) is 53.2 Å². The summed E-state index contributed by atoms with van der Waals surface area (Å²) >= 11 is 0. The molecule has 16 N–H and O–H groups in total. The number of carbonyl (C=O) groups excluding carboxylic acids is 9. The second-order valence-electron chi connectivity index (χ2n) is 16.5. The fourth-order valence-electron chi connectivity index (χ4n) is 5.85. The lowest BCUT2D eigenvalue weighted by Crippen LogP contribution is -2.59. The van der Waals surface area contributed by atoms with Crippen molar-refractivity contribution >= 4 is 65.1 Å². The maximum Gasteiger partial charge on any atom is 0.326 e. The molecule has 358 valence electrons. The van der Waals surface area contributed by atoms with Crippen LogP contribution in [-0.4, -0.2) is 137 Å². The van der Waals surface area contributed by atoms with E-state index in [1.807, 2.05) is 5.32 Å². The number of hydrogen-bond donors (Lipinski definition) is 13. The summed E-state index contributed by atoms with van der Waals surface area (Å²) in [5.74, 6) is -11.1. The lowest BCUT2D eigenvalue weighted by molar-refractivity contribution is -0.147. The Balaban J connectivity index is 6.02. The quantitative estimate of drug-likeness (QED) is 0.0297. The van der Waals surface area contributed by atoms with Gasteiger partial charge in [0, 0.05) is 0 Å². The molecule has 0 rings (SSSR count). The van der Waals surface area contributed by atoms with Crippen molar-refractivity contribution in [2.45, 2.75) is 142 Å². The fraction of sp³-hybridized carbons (Fsp3) is 0.718. The van der Waals surface area contributed by atoms with Gasteiger partial charge in [-0.2, -0.15) is 0 Å². The molecule has 0 aromatic rings. The average Bonchev–Trinajstić information content (AvgIpc) is 3.16. The van der Waals surface area contributed by atoms with Gasteiger partial charge < -0.3 is 69.9 Å². The van der Waals surface area contributed by atoms with Crippen LogP contribution in [0.25, 0.3) is 0 Å². The highest BCUT2D eigenvalue weighted by atomic mass is 16.4. The zero-order valence-corrected chi connectivity index (χ0v) is 37.2. The summed E-state index contributed by atoms with van der Waals surface area (Å²) in [5, 5.41) is 37.3. The van der Waals surface area contributed by atoms with Crippen LogP contribution in [0, 0.1) is 17.8 Å². The van der Waals surface area contributed by atoms with E-state index in [4.69, 9.17) is 27.4 Å². The number of carboxylic acids is 2. The summed E-state index contributed by atoms with van der Waals surface area (Å²) in [7, 11) is 0. The van der Waals surface area contributed by atoms with E-state index in [1.54, 1.807) is 41.5 Å². The molecule has 0 aliphatic rings. The average molecular weight is 900 g/mol. The Hall–Kier alpha value is -5.91. The van der Waals surface area contributed by atoms with Gasteiger partial charge in [0.15, 0.2) is 0 Å². The maximum absolute atomic E-state index is 13.8. The predicted molar refractivity (Wildman–Crippen MR) is 226 cm³/mol. The summed E-state index contributed by atoms with van der Waals surface area (Å²) < 4.78 is 0. The number of carbonyl (C=O) groups is 11. The van der Waals surface area contributed by atoms with Crippen LogP contribution in [0.1, 0.15) is 99.8 Å². The first-order valence-electron chi connectivity index (χ1n) is 20.8. The van der Waals surface area contributed by atoms with Crippen molar-refractivity contribution in [1.82, 2.24) is 42.5 Å². The van der Waals surface area contributed by atoms with Crippen molar-refractivity contribution in [1.29, 1.82) is 0 Å². The van der Waals surface area contributed by atoms with Gasteiger partial charge in [-0.15, -0.1) is 0 Å². The largest absolute Gasteiger partial charge is 0.481 e. The van der Waals surface area contributed by atoms with Gasteiger partial charge in [-0.1, -0.05) is 41.5 Å². The Morgan fingerprint density at radius 3 is 1.25 bits per heavy atom. The second kappa shape index (κ2) is 29.4. The van der Waals surface area contributed by atoms with Gasteiger partial charge in [-0.3, -0.25) is 47.9 Å². The highest BCUT2D eigenvalue weighted by Gasteiger charge is 2.33. The lowest BCUT2D eigenvalue weighted by atomic mass is 10.0. The topological polar surface area (TPSA) is 403 Å². The molecule has 0 bridgehead atoms. The molecule has 63 heavy (non-hydrogen) atoms. The number of hydrogen-bond acceptors (Lipinski definition) is 13. The van der Waals surface area contributed by atoms with E-state index in [-0.39, 0.29) is 50.0 Å². The Morgan fingerprint density at radius 1 is 0.476 bits per heavy atom. The van der Waals surface area contributed by atoms with Crippen molar-refractivity contribution in [2.24, 2.45) is 35.0 Å². The number of aliphatic carboxylic acids is 2. The summed E-state index contributed by atoms with van der Waals surface area (Å²) in [6, 6.07) is -9.14. The highest BCUT2D eigenvalue weighted by Crippen LogP contribution is 2.11. The molecule has 0 unspecified atom stereocenters. The smallest absolute Gasteiger partial charge is 0.326 e. The summed E-state index contributed by atoms with van der Waals surface area (Å²) in [5.41, 5.74) is 16.7. The maximum atomic E-state index is 13.8. The molecule has 0 radical (unpaired) electrons. The third-order valence-corrected chi connectivity index (χ3v) is 8.93. The van der Waals surface area contributed by atoms with E-state index in [1.165, 1.54) is 6.92 Å². The van der Waals surface area contributed by atoms with Gasteiger partial charge in [0.1, 0.15) is 36.3 Å². The SMILES string of the molecule is CC(C)C[C@H](NC(=O)CNC(=O)[C@H](CCCCN)NC(=O)[C@H](CC(C)C)NC(=O)[C@H](CC(N)=O)NC(=O)[C@H](CC(C)C)NC(=O)[C@H](C)N)C(=O)NCC(=O)N[C@@H](CC(=O)O)C(=O)O. The lowest BCUT2D eigenvalue weighted by Gasteiger charge is -2.27. The number of unbranched alkanes of at least 4 members (excludes halogenated alkanes) is 1. The minimum absolute atomic E-state index is 0.0399. The fourth-order valence-corrected chi connectivity index (χ4v) is 5.85. The Kier molecular flexibility index (Phi) is 26.6. The zero-order valence-electron chi connectivity index (χ0n) is 37.2. The Labute approximate surface area is 366 Å². The number of rotatable bonds is 31. The molecule has 0 saturated heterocycles. The summed E-state index contributed by atoms with van der Waals surface area (Å²) in [6.07, 6.45) is -0.407. The monoisotopic (exact) mass is 900 g/mol. The number of nitrogens with one attached hydrogen (secondary N) is 8. The summed E-state index contributed by atoms with van der Waals surface area (Å²) in [6.45, 7) is 10.9. The molecular formula is C39H69N11O13. The normalized spacial score (nSPS) is 14.4. The minimum Gasteiger partial charge on any atom is -0.481 e. The molecule has 24 nitrogen and oxygen atoms in total. The van der Waals surface area contributed by atoms with Crippen molar-refractivity contribution in [3.63, 3.8) is 0 Å². The molecule has 24 heteroatoms. The van der Waals surface area contributed by atoms with Crippen LogP contribution in [0.2, 0.25) is 0 Å². The number of carboxylic acid groups (broad SMARTS) is 2. The minimum atomic E-state index is -1.75. The molecule has 0 aliphatic carbocycles. The van der Waals surface area contributed by atoms with E-state index in [2.05, 4.69) is 37.2 Å². The molecule has 9 amide bonds. The zero-order chi connectivity index (χ0) is 48.6. The van der Waals surface area contributed by atoms with Gasteiger partial charge in [-0.25, -0.2) is 4.79 Å². The van der Waals surface area contributed by atoms with Crippen molar-refractivity contribution in [3.8, 4) is 0 Å². The van der Waals surface area contributed by atoms with Crippen LogP contribution in [0.3, 0.4) is 0 Å². The first-order chi connectivity index (χ1) is 29.3. The van der Waals surface area contributed by atoms with Crippen LogP contribution in [0.15, 0.2) is 0 Å². The third-order valence-electron chi connectivity index (χ3n) is 8.93. The van der Waals surface area contributed by atoms with Gasteiger partial charge in [-0.05, 0) is 69.7 Å². The molecule has 0 aromatic heterocycles. The van der Waals surface area contributed by atoms with E-state index in [9.17, 15) is 52.7 Å².